The molecule has 0 unspecified atom stereocenters. The molecular weight excluding hydrogens is 584 g/mol. The Kier molecular flexibility index (Phi) is 10.9. The van der Waals surface area contributed by atoms with Crippen molar-refractivity contribution in [3.05, 3.63) is 58.8 Å². The zero-order chi connectivity index (χ0) is 30.9. The molecule has 3 aromatic heterocycles. The van der Waals surface area contributed by atoms with Crippen LogP contribution in [-0.2, 0) is 20.9 Å². The number of nitrogens with zero attached hydrogens (tertiary/aromatic N) is 5. The maximum atomic E-state index is 14.5. The van der Waals surface area contributed by atoms with Crippen LogP contribution in [0.5, 0.6) is 0 Å². The zero-order valence-electron chi connectivity index (χ0n) is 24.0. The Hall–Kier alpha value is -4.24. The molecule has 3 N–H and O–H groups in total. The fourth-order valence-corrected chi connectivity index (χ4v) is 5.04. The van der Waals surface area contributed by atoms with Crippen LogP contribution < -0.4 is 11.1 Å². The zero-order valence-corrected chi connectivity index (χ0v) is 24.8. The Balaban J connectivity index is 0.00000529. The van der Waals surface area contributed by atoms with Gasteiger partial charge in [-0.3, -0.25) is 9.79 Å². The number of rotatable bonds is 11. The topological polar surface area (TPSA) is 156 Å². The SMILES string of the molecule is CCOC1CCC(N=C/C(NC(=O)c2csc(-c3cnn(COC(=O)OC(C)C)c3)n2)=C(\N)c2nc(F)ccc2F)CC1.[HH]. The highest BCUT2D eigenvalue weighted by molar-refractivity contribution is 7.13. The number of amides is 1. The minimum Gasteiger partial charge on any atom is -0.432 e. The predicted octanol–water partition coefficient (Wildman–Crippen LogP) is 4.92. The van der Waals surface area contributed by atoms with E-state index in [0.717, 1.165) is 37.8 Å². The molecule has 0 bridgehead atoms. The summed E-state index contributed by atoms with van der Waals surface area (Å²) in [5.41, 5.74) is 6.05. The van der Waals surface area contributed by atoms with Crippen molar-refractivity contribution >= 4 is 35.3 Å². The van der Waals surface area contributed by atoms with Crippen LogP contribution in [0.2, 0.25) is 0 Å². The van der Waals surface area contributed by atoms with E-state index in [1.165, 1.54) is 33.8 Å². The molecule has 1 saturated carbocycles. The van der Waals surface area contributed by atoms with Gasteiger partial charge in [0.05, 0.1) is 35.8 Å². The Morgan fingerprint density at radius 3 is 2.74 bits per heavy atom. The van der Waals surface area contributed by atoms with Crippen LogP contribution in [0.25, 0.3) is 16.3 Å². The first-order chi connectivity index (χ1) is 20.6. The lowest BCUT2D eigenvalue weighted by Gasteiger charge is -2.26. The predicted molar refractivity (Wildman–Crippen MR) is 157 cm³/mol. The van der Waals surface area contributed by atoms with Gasteiger partial charge in [-0.1, -0.05) is 0 Å². The summed E-state index contributed by atoms with van der Waals surface area (Å²) < 4.78 is 45.4. The quantitative estimate of drug-likeness (QED) is 0.173. The molecule has 15 heteroatoms. The van der Waals surface area contributed by atoms with E-state index in [1.54, 1.807) is 20.0 Å². The molecule has 0 aliphatic heterocycles. The van der Waals surface area contributed by atoms with E-state index in [9.17, 15) is 18.4 Å². The monoisotopic (exact) mass is 619 g/mol. The van der Waals surface area contributed by atoms with Gasteiger partial charge in [0.15, 0.2) is 12.5 Å². The number of ether oxygens (including phenoxy) is 3. The van der Waals surface area contributed by atoms with E-state index in [0.29, 0.717) is 17.2 Å². The second-order valence-electron chi connectivity index (χ2n) is 9.91. The normalized spacial score (nSPS) is 17.6. The van der Waals surface area contributed by atoms with Crippen molar-refractivity contribution in [1.29, 1.82) is 0 Å². The third-order valence-electron chi connectivity index (χ3n) is 6.33. The second kappa shape index (κ2) is 14.8. The van der Waals surface area contributed by atoms with E-state index >= 15 is 0 Å². The molecule has 1 fully saturated rings. The average Bonchev–Trinajstić information content (AvgIpc) is 3.66. The van der Waals surface area contributed by atoms with Gasteiger partial charge in [-0.05, 0) is 58.6 Å². The molecule has 1 aliphatic rings. The van der Waals surface area contributed by atoms with Gasteiger partial charge in [0.2, 0.25) is 5.95 Å². The molecule has 232 valence electrons. The number of allylic oxidation sites excluding steroid dienone is 1. The molecule has 1 amide bonds. The van der Waals surface area contributed by atoms with Crippen molar-refractivity contribution in [3.8, 4) is 10.6 Å². The minimum atomic E-state index is -0.928. The van der Waals surface area contributed by atoms with Crippen molar-refractivity contribution in [3.63, 3.8) is 0 Å². The maximum absolute atomic E-state index is 14.5. The Morgan fingerprint density at radius 1 is 1.26 bits per heavy atom. The fourth-order valence-electron chi connectivity index (χ4n) is 4.27. The summed E-state index contributed by atoms with van der Waals surface area (Å²) in [5.74, 6) is -2.43. The summed E-state index contributed by atoms with van der Waals surface area (Å²) in [6.07, 6.45) is 6.70. The Bertz CT molecular complexity index is 1490. The Morgan fingerprint density at radius 2 is 2.02 bits per heavy atom. The third-order valence-corrected chi connectivity index (χ3v) is 7.22. The lowest BCUT2D eigenvalue weighted by Crippen LogP contribution is -2.28. The molecular formula is C28H35F2N7O5S. The molecule has 1 aliphatic carbocycles. The first kappa shape index (κ1) is 31.7. The first-order valence-electron chi connectivity index (χ1n) is 13.7. The fraction of sp³-hybridized carbons (Fsp3) is 0.429. The minimum absolute atomic E-state index is 0. The van der Waals surface area contributed by atoms with Crippen LogP contribution in [0, 0.1) is 11.8 Å². The van der Waals surface area contributed by atoms with Gasteiger partial charge in [0.1, 0.15) is 16.4 Å². The first-order valence-corrected chi connectivity index (χ1v) is 14.6. The summed E-state index contributed by atoms with van der Waals surface area (Å²) in [7, 11) is 0. The largest absolute Gasteiger partial charge is 0.510 e. The number of carbonyl (C=O) groups is 2. The van der Waals surface area contributed by atoms with Crippen molar-refractivity contribution in [2.24, 2.45) is 10.7 Å². The van der Waals surface area contributed by atoms with E-state index in [1.807, 2.05) is 6.92 Å². The van der Waals surface area contributed by atoms with Gasteiger partial charge >= 0.3 is 6.16 Å². The number of nitrogens with one attached hydrogen (secondary N) is 1. The summed E-state index contributed by atoms with van der Waals surface area (Å²) >= 11 is 1.18. The molecule has 0 aromatic carbocycles. The van der Waals surface area contributed by atoms with Crippen LogP contribution in [-0.4, -0.2) is 62.9 Å². The summed E-state index contributed by atoms with van der Waals surface area (Å²) in [6.45, 7) is 5.83. The maximum Gasteiger partial charge on any atom is 0.510 e. The highest BCUT2D eigenvalue weighted by Crippen LogP contribution is 2.25. The van der Waals surface area contributed by atoms with Crippen molar-refractivity contribution in [2.45, 2.75) is 71.4 Å². The number of nitrogens with two attached hydrogens (primary N) is 1. The number of hydrogen-bond donors (Lipinski definition) is 2. The van der Waals surface area contributed by atoms with Gasteiger partial charge in [-0.15, -0.1) is 11.3 Å². The second-order valence-corrected chi connectivity index (χ2v) is 10.8. The summed E-state index contributed by atoms with van der Waals surface area (Å²) in [4.78, 5) is 37.3. The Labute approximate surface area is 252 Å². The number of aromatic nitrogens is 4. The number of halogens is 2. The van der Waals surface area contributed by atoms with Crippen molar-refractivity contribution < 1.29 is 34.0 Å². The van der Waals surface area contributed by atoms with Crippen molar-refractivity contribution in [1.82, 2.24) is 25.1 Å². The molecule has 12 nitrogen and oxygen atoms in total. The van der Waals surface area contributed by atoms with Crippen LogP contribution in [0.4, 0.5) is 13.6 Å². The van der Waals surface area contributed by atoms with Crippen LogP contribution in [0.1, 0.15) is 64.1 Å². The van der Waals surface area contributed by atoms with Gasteiger partial charge in [0, 0.05) is 31.4 Å². The highest BCUT2D eigenvalue weighted by Gasteiger charge is 2.22. The van der Waals surface area contributed by atoms with Gasteiger partial charge in [0.25, 0.3) is 5.91 Å². The molecule has 0 saturated heterocycles. The van der Waals surface area contributed by atoms with E-state index < -0.39 is 29.5 Å². The number of aliphatic imine (C=N–C) groups is 1. The number of pyridine rings is 1. The number of hydrogen-bond acceptors (Lipinski definition) is 11. The standard InChI is InChI=1S/C28H33F2N7O5S.H2/c1-4-40-19-7-5-18(6-8-19)32-12-21(24(31)25-20(29)9-10-23(30)36-25)34-26(38)22-14-43-27(35-22)17-11-33-37(13-17)15-41-28(39)42-16(2)3;/h9-14,16,18-19H,4-8,15,31H2,1-3H3,(H,34,38);1H/b24-21+,32-12?;. The van der Waals surface area contributed by atoms with Crippen LogP contribution in [0.3, 0.4) is 0 Å². The molecule has 0 spiro atoms. The van der Waals surface area contributed by atoms with E-state index in [4.69, 9.17) is 19.9 Å². The third kappa shape index (κ3) is 8.88. The smallest absolute Gasteiger partial charge is 0.432 e. The number of thiazole rings is 1. The molecule has 0 radical (unpaired) electrons. The highest BCUT2D eigenvalue weighted by atomic mass is 32.1. The lowest BCUT2D eigenvalue weighted by atomic mass is 9.93. The molecule has 0 atom stereocenters. The molecule has 43 heavy (non-hydrogen) atoms. The van der Waals surface area contributed by atoms with Gasteiger partial charge in [-0.25, -0.2) is 23.8 Å². The van der Waals surface area contributed by atoms with E-state index in [-0.39, 0.29) is 43.5 Å². The van der Waals surface area contributed by atoms with Crippen LogP contribution >= 0.6 is 11.3 Å². The summed E-state index contributed by atoms with van der Waals surface area (Å²) in [6, 6.07) is 1.72. The summed E-state index contributed by atoms with van der Waals surface area (Å²) in [5, 5.41) is 8.76. The van der Waals surface area contributed by atoms with Gasteiger partial charge in [-0.2, -0.15) is 9.49 Å². The van der Waals surface area contributed by atoms with Crippen molar-refractivity contribution in [2.75, 3.05) is 6.61 Å². The number of carbonyl (C=O) groups excluding carboxylic acids is 2. The van der Waals surface area contributed by atoms with Crippen LogP contribution in [0.15, 0.2) is 40.6 Å². The van der Waals surface area contributed by atoms with E-state index in [2.05, 4.69) is 25.4 Å². The molecule has 3 heterocycles. The average molecular weight is 620 g/mol. The molecule has 3 aromatic rings. The van der Waals surface area contributed by atoms with Gasteiger partial charge < -0.3 is 25.3 Å². The lowest BCUT2D eigenvalue weighted by molar-refractivity contribution is 0.0132. The molecule has 4 rings (SSSR count).